The van der Waals surface area contributed by atoms with Crippen LogP contribution in [-0.4, -0.2) is 15.6 Å². The van der Waals surface area contributed by atoms with Crippen molar-refractivity contribution in [2.24, 2.45) is 0 Å². The Hall–Kier alpha value is -1.55. The van der Waals surface area contributed by atoms with E-state index >= 15 is 0 Å². The standard InChI is InChI=1S/C11H11NO2S/c1-7-3-4-8(2)12(7)10-6-5-9(15-10)11(13)14/h3-6H,1-2H3,(H,13,14). The molecule has 3 nitrogen and oxygen atoms in total. The molecule has 0 saturated carbocycles. The second kappa shape index (κ2) is 3.55. The Morgan fingerprint density at radius 3 is 2.27 bits per heavy atom. The monoisotopic (exact) mass is 221 g/mol. The minimum absolute atomic E-state index is 0.373. The van der Waals surface area contributed by atoms with E-state index in [1.165, 1.54) is 11.3 Å². The number of nitrogens with zero attached hydrogens (tertiary/aromatic N) is 1. The zero-order valence-corrected chi connectivity index (χ0v) is 9.34. The first-order valence-corrected chi connectivity index (χ1v) is 5.39. The largest absolute Gasteiger partial charge is 0.477 e. The number of aromatic carboxylic acids is 1. The molecule has 0 spiro atoms. The molecule has 4 heteroatoms. The van der Waals surface area contributed by atoms with E-state index < -0.39 is 5.97 Å². The molecular weight excluding hydrogens is 210 g/mol. The van der Waals surface area contributed by atoms with Gasteiger partial charge >= 0.3 is 5.97 Å². The molecular formula is C11H11NO2S. The van der Waals surface area contributed by atoms with E-state index in [1.807, 2.05) is 32.0 Å². The molecule has 2 aromatic rings. The number of hydrogen-bond acceptors (Lipinski definition) is 2. The lowest BCUT2D eigenvalue weighted by atomic mass is 10.4. The van der Waals surface area contributed by atoms with Gasteiger partial charge in [0.2, 0.25) is 0 Å². The minimum Gasteiger partial charge on any atom is -0.477 e. The highest BCUT2D eigenvalue weighted by Crippen LogP contribution is 2.24. The third kappa shape index (κ3) is 1.68. The summed E-state index contributed by atoms with van der Waals surface area (Å²) in [4.78, 5) is 11.1. The molecule has 0 atom stereocenters. The minimum atomic E-state index is -0.867. The van der Waals surface area contributed by atoms with Crippen LogP contribution in [0, 0.1) is 13.8 Å². The molecule has 2 aromatic heterocycles. The molecule has 0 aromatic carbocycles. The van der Waals surface area contributed by atoms with Crippen molar-refractivity contribution in [1.29, 1.82) is 0 Å². The van der Waals surface area contributed by atoms with Crippen molar-refractivity contribution in [3.8, 4) is 5.00 Å². The van der Waals surface area contributed by atoms with Gasteiger partial charge < -0.3 is 9.67 Å². The van der Waals surface area contributed by atoms with E-state index in [-0.39, 0.29) is 0 Å². The number of carbonyl (C=O) groups is 1. The molecule has 0 aliphatic carbocycles. The summed E-state index contributed by atoms with van der Waals surface area (Å²) in [6.45, 7) is 4.01. The zero-order valence-electron chi connectivity index (χ0n) is 8.52. The Kier molecular flexibility index (Phi) is 2.36. The molecule has 0 unspecified atom stereocenters. The zero-order chi connectivity index (χ0) is 11.0. The van der Waals surface area contributed by atoms with Gasteiger partial charge in [-0.1, -0.05) is 0 Å². The third-order valence-corrected chi connectivity index (χ3v) is 3.35. The summed E-state index contributed by atoms with van der Waals surface area (Å²) in [6.07, 6.45) is 0. The summed E-state index contributed by atoms with van der Waals surface area (Å²) in [5.41, 5.74) is 2.23. The maximum atomic E-state index is 10.8. The van der Waals surface area contributed by atoms with Crippen LogP contribution in [0.3, 0.4) is 0 Å². The molecule has 0 radical (unpaired) electrons. The first kappa shape index (κ1) is 9.98. The average Bonchev–Trinajstić information content (AvgIpc) is 2.73. The van der Waals surface area contributed by atoms with Gasteiger partial charge in [-0.2, -0.15) is 0 Å². The van der Waals surface area contributed by atoms with Crippen LogP contribution in [0.5, 0.6) is 0 Å². The Morgan fingerprint density at radius 2 is 1.80 bits per heavy atom. The predicted molar refractivity (Wildman–Crippen MR) is 60.1 cm³/mol. The summed E-state index contributed by atoms with van der Waals surface area (Å²) in [7, 11) is 0. The van der Waals surface area contributed by atoms with Crippen molar-refractivity contribution < 1.29 is 9.90 Å². The first-order valence-electron chi connectivity index (χ1n) is 4.58. The van der Waals surface area contributed by atoms with Crippen LogP contribution in [-0.2, 0) is 0 Å². The molecule has 0 fully saturated rings. The van der Waals surface area contributed by atoms with Crippen LogP contribution in [0.4, 0.5) is 0 Å². The van der Waals surface area contributed by atoms with E-state index in [1.54, 1.807) is 6.07 Å². The molecule has 2 rings (SSSR count). The normalized spacial score (nSPS) is 10.5. The van der Waals surface area contributed by atoms with Crippen molar-refractivity contribution >= 4 is 17.3 Å². The quantitative estimate of drug-likeness (QED) is 0.847. The lowest BCUT2D eigenvalue weighted by Gasteiger charge is -2.04. The fourth-order valence-corrected chi connectivity index (χ4v) is 2.54. The van der Waals surface area contributed by atoms with Gasteiger partial charge in [-0.25, -0.2) is 4.79 Å². The average molecular weight is 221 g/mol. The lowest BCUT2D eigenvalue weighted by molar-refractivity contribution is 0.0702. The Labute approximate surface area is 91.6 Å². The molecule has 78 valence electrons. The summed E-state index contributed by atoms with van der Waals surface area (Å²) in [5, 5.41) is 9.79. The van der Waals surface area contributed by atoms with Crippen LogP contribution in [0.2, 0.25) is 0 Å². The third-order valence-electron chi connectivity index (χ3n) is 2.29. The maximum Gasteiger partial charge on any atom is 0.345 e. The van der Waals surface area contributed by atoms with Gasteiger partial charge in [-0.15, -0.1) is 11.3 Å². The second-order valence-electron chi connectivity index (χ2n) is 3.39. The Bertz CT molecular complexity index is 491. The maximum absolute atomic E-state index is 10.8. The molecule has 0 saturated heterocycles. The van der Waals surface area contributed by atoms with Crippen LogP contribution in [0.15, 0.2) is 24.3 Å². The fourth-order valence-electron chi connectivity index (χ4n) is 1.58. The number of carboxylic acids is 1. The van der Waals surface area contributed by atoms with Crippen LogP contribution in [0.1, 0.15) is 21.1 Å². The van der Waals surface area contributed by atoms with Gasteiger partial charge in [0.05, 0.1) is 0 Å². The summed E-state index contributed by atoms with van der Waals surface area (Å²) >= 11 is 1.29. The molecule has 0 amide bonds. The van der Waals surface area contributed by atoms with Crippen molar-refractivity contribution in [2.45, 2.75) is 13.8 Å². The van der Waals surface area contributed by atoms with E-state index in [0.29, 0.717) is 4.88 Å². The van der Waals surface area contributed by atoms with Gasteiger partial charge in [0, 0.05) is 11.4 Å². The molecule has 1 N–H and O–H groups in total. The Morgan fingerprint density at radius 1 is 1.20 bits per heavy atom. The van der Waals surface area contributed by atoms with E-state index in [2.05, 4.69) is 4.57 Å². The van der Waals surface area contributed by atoms with Crippen molar-refractivity contribution in [2.75, 3.05) is 0 Å². The predicted octanol–water partition coefficient (Wildman–Crippen LogP) is 2.85. The van der Waals surface area contributed by atoms with Crippen LogP contribution >= 0.6 is 11.3 Å². The summed E-state index contributed by atoms with van der Waals surface area (Å²) in [5.74, 6) is -0.867. The molecule has 2 heterocycles. The van der Waals surface area contributed by atoms with Gasteiger partial charge in [0.15, 0.2) is 0 Å². The Balaban J connectivity index is 2.50. The highest BCUT2D eigenvalue weighted by Gasteiger charge is 2.10. The SMILES string of the molecule is Cc1ccc(C)n1-c1ccc(C(=O)O)s1. The van der Waals surface area contributed by atoms with Crippen molar-refractivity contribution in [1.82, 2.24) is 4.57 Å². The number of hydrogen-bond donors (Lipinski definition) is 1. The number of aryl methyl sites for hydroxylation is 2. The fraction of sp³-hybridized carbons (Fsp3) is 0.182. The van der Waals surface area contributed by atoms with Gasteiger partial charge in [-0.3, -0.25) is 0 Å². The molecule has 0 bridgehead atoms. The van der Waals surface area contributed by atoms with Crippen molar-refractivity contribution in [3.05, 3.63) is 40.5 Å². The smallest absolute Gasteiger partial charge is 0.345 e. The number of rotatable bonds is 2. The highest BCUT2D eigenvalue weighted by molar-refractivity contribution is 7.16. The molecule has 15 heavy (non-hydrogen) atoms. The van der Waals surface area contributed by atoms with Gasteiger partial charge in [0.1, 0.15) is 9.88 Å². The molecule has 0 aliphatic heterocycles. The second-order valence-corrected chi connectivity index (χ2v) is 4.46. The number of thiophene rings is 1. The van der Waals surface area contributed by atoms with E-state index in [0.717, 1.165) is 16.4 Å². The topological polar surface area (TPSA) is 42.2 Å². The summed E-state index contributed by atoms with van der Waals surface area (Å²) in [6, 6.07) is 7.53. The summed E-state index contributed by atoms with van der Waals surface area (Å²) < 4.78 is 2.05. The number of aromatic nitrogens is 1. The van der Waals surface area contributed by atoms with Crippen LogP contribution in [0.25, 0.3) is 5.00 Å². The van der Waals surface area contributed by atoms with E-state index in [9.17, 15) is 4.79 Å². The van der Waals surface area contributed by atoms with E-state index in [4.69, 9.17) is 5.11 Å². The number of carboxylic acid groups (broad SMARTS) is 1. The molecule has 0 aliphatic rings. The lowest BCUT2D eigenvalue weighted by Crippen LogP contribution is -1.95. The van der Waals surface area contributed by atoms with Crippen LogP contribution < -0.4 is 0 Å². The first-order chi connectivity index (χ1) is 7.09. The van der Waals surface area contributed by atoms with Gasteiger partial charge in [-0.05, 0) is 38.1 Å². The van der Waals surface area contributed by atoms with Gasteiger partial charge in [0.25, 0.3) is 0 Å². The highest BCUT2D eigenvalue weighted by atomic mass is 32.1. The van der Waals surface area contributed by atoms with Crippen molar-refractivity contribution in [3.63, 3.8) is 0 Å².